The molecule has 1 aliphatic rings. The summed E-state index contributed by atoms with van der Waals surface area (Å²) in [6.07, 6.45) is 3.67. The standard InChI is InChI=1S/C16H23NO3/c1-2-17(12-13-8-9-13)10-5-11-20-15-7-4-3-6-14(15)16(18)19/h3-4,6-7,13H,2,5,8-12H2,1H3,(H,18,19). The van der Waals surface area contributed by atoms with E-state index in [1.807, 2.05) is 0 Å². The van der Waals surface area contributed by atoms with Crippen molar-refractivity contribution in [3.05, 3.63) is 29.8 Å². The zero-order chi connectivity index (χ0) is 14.4. The molecule has 2 rings (SSSR count). The van der Waals surface area contributed by atoms with E-state index < -0.39 is 5.97 Å². The van der Waals surface area contributed by atoms with Gasteiger partial charge in [-0.1, -0.05) is 19.1 Å². The average Bonchev–Trinajstić information content (AvgIpc) is 3.26. The lowest BCUT2D eigenvalue weighted by atomic mass is 10.2. The van der Waals surface area contributed by atoms with E-state index in [4.69, 9.17) is 9.84 Å². The molecule has 0 radical (unpaired) electrons. The van der Waals surface area contributed by atoms with E-state index in [2.05, 4.69) is 11.8 Å². The molecule has 1 aliphatic carbocycles. The first-order chi connectivity index (χ1) is 9.70. The molecule has 1 aromatic carbocycles. The summed E-state index contributed by atoms with van der Waals surface area (Å²) < 4.78 is 5.61. The van der Waals surface area contributed by atoms with E-state index in [9.17, 15) is 4.79 Å². The number of nitrogens with zero attached hydrogens (tertiary/aromatic N) is 1. The molecule has 4 nitrogen and oxygen atoms in total. The highest BCUT2D eigenvalue weighted by Gasteiger charge is 2.23. The van der Waals surface area contributed by atoms with Gasteiger partial charge in [0.05, 0.1) is 6.61 Å². The topological polar surface area (TPSA) is 49.8 Å². The molecular weight excluding hydrogens is 254 g/mol. The smallest absolute Gasteiger partial charge is 0.339 e. The molecule has 1 fully saturated rings. The quantitative estimate of drug-likeness (QED) is 0.705. The van der Waals surface area contributed by atoms with Crippen LogP contribution in [0.1, 0.15) is 36.5 Å². The Balaban J connectivity index is 1.73. The van der Waals surface area contributed by atoms with Gasteiger partial charge in [0.1, 0.15) is 11.3 Å². The van der Waals surface area contributed by atoms with Crippen LogP contribution in [0.2, 0.25) is 0 Å². The highest BCUT2D eigenvalue weighted by atomic mass is 16.5. The second-order valence-electron chi connectivity index (χ2n) is 5.34. The van der Waals surface area contributed by atoms with Gasteiger partial charge in [0.2, 0.25) is 0 Å². The number of hydrogen-bond donors (Lipinski definition) is 1. The van der Waals surface area contributed by atoms with Crippen molar-refractivity contribution in [3.63, 3.8) is 0 Å². The average molecular weight is 277 g/mol. The Kier molecular flexibility index (Phi) is 5.41. The Morgan fingerprint density at radius 1 is 1.40 bits per heavy atom. The van der Waals surface area contributed by atoms with Gasteiger partial charge in [-0.05, 0) is 43.9 Å². The molecule has 0 aliphatic heterocycles. The summed E-state index contributed by atoms with van der Waals surface area (Å²) >= 11 is 0. The number of carboxylic acid groups (broad SMARTS) is 1. The van der Waals surface area contributed by atoms with Crippen LogP contribution in [-0.2, 0) is 0 Å². The number of ether oxygens (including phenoxy) is 1. The Bertz CT molecular complexity index is 443. The molecule has 0 atom stereocenters. The SMILES string of the molecule is CCN(CCCOc1ccccc1C(=O)O)CC1CC1. The van der Waals surface area contributed by atoms with Gasteiger partial charge in [-0.15, -0.1) is 0 Å². The van der Waals surface area contributed by atoms with Crippen LogP contribution in [0.5, 0.6) is 5.75 Å². The number of hydrogen-bond acceptors (Lipinski definition) is 3. The zero-order valence-corrected chi connectivity index (χ0v) is 12.0. The fourth-order valence-corrected chi connectivity index (χ4v) is 2.28. The summed E-state index contributed by atoms with van der Waals surface area (Å²) in [4.78, 5) is 13.5. The molecule has 20 heavy (non-hydrogen) atoms. The van der Waals surface area contributed by atoms with Gasteiger partial charge in [-0.2, -0.15) is 0 Å². The molecule has 0 unspecified atom stereocenters. The predicted octanol–water partition coefficient (Wildman–Crippen LogP) is 2.89. The monoisotopic (exact) mass is 277 g/mol. The van der Waals surface area contributed by atoms with Crippen molar-refractivity contribution < 1.29 is 14.6 Å². The molecule has 4 heteroatoms. The highest BCUT2D eigenvalue weighted by Crippen LogP contribution is 2.29. The lowest BCUT2D eigenvalue weighted by Gasteiger charge is -2.20. The van der Waals surface area contributed by atoms with Crippen LogP contribution in [-0.4, -0.2) is 42.2 Å². The van der Waals surface area contributed by atoms with E-state index in [1.165, 1.54) is 19.4 Å². The maximum Gasteiger partial charge on any atom is 0.339 e. The second kappa shape index (κ2) is 7.29. The Morgan fingerprint density at radius 3 is 2.80 bits per heavy atom. The van der Waals surface area contributed by atoms with E-state index in [1.54, 1.807) is 24.3 Å². The maximum absolute atomic E-state index is 11.0. The van der Waals surface area contributed by atoms with Crippen LogP contribution in [0.3, 0.4) is 0 Å². The van der Waals surface area contributed by atoms with E-state index in [-0.39, 0.29) is 5.56 Å². The van der Waals surface area contributed by atoms with Crippen molar-refractivity contribution in [2.45, 2.75) is 26.2 Å². The van der Waals surface area contributed by atoms with E-state index >= 15 is 0 Å². The Labute approximate surface area is 120 Å². The maximum atomic E-state index is 11.0. The summed E-state index contributed by atoms with van der Waals surface area (Å²) in [6, 6.07) is 6.80. The predicted molar refractivity (Wildman–Crippen MR) is 78.4 cm³/mol. The third kappa shape index (κ3) is 4.53. The second-order valence-corrected chi connectivity index (χ2v) is 5.34. The molecule has 0 heterocycles. The molecule has 0 aromatic heterocycles. The summed E-state index contributed by atoms with van der Waals surface area (Å²) in [6.45, 7) is 6.03. The van der Waals surface area contributed by atoms with Crippen LogP contribution in [0.25, 0.3) is 0 Å². The normalized spacial score (nSPS) is 14.5. The molecule has 110 valence electrons. The minimum absolute atomic E-state index is 0.234. The lowest BCUT2D eigenvalue weighted by molar-refractivity contribution is 0.0692. The summed E-state index contributed by atoms with van der Waals surface area (Å²) in [5.74, 6) is 0.429. The number of aromatic carboxylic acids is 1. The number of carbonyl (C=O) groups is 1. The molecule has 0 spiro atoms. The minimum Gasteiger partial charge on any atom is -0.493 e. The van der Waals surface area contributed by atoms with Crippen molar-refractivity contribution in [1.29, 1.82) is 0 Å². The Hall–Kier alpha value is -1.55. The van der Waals surface area contributed by atoms with E-state index in [0.29, 0.717) is 12.4 Å². The van der Waals surface area contributed by atoms with Crippen LogP contribution in [0.15, 0.2) is 24.3 Å². The van der Waals surface area contributed by atoms with Crippen molar-refractivity contribution in [2.24, 2.45) is 5.92 Å². The molecule has 1 saturated carbocycles. The van der Waals surface area contributed by atoms with Gasteiger partial charge >= 0.3 is 5.97 Å². The molecular formula is C16H23NO3. The van der Waals surface area contributed by atoms with Crippen LogP contribution in [0.4, 0.5) is 0 Å². The number of para-hydroxylation sites is 1. The molecule has 0 saturated heterocycles. The molecule has 0 bridgehead atoms. The van der Waals surface area contributed by atoms with Crippen molar-refractivity contribution in [2.75, 3.05) is 26.2 Å². The van der Waals surface area contributed by atoms with Crippen LogP contribution >= 0.6 is 0 Å². The van der Waals surface area contributed by atoms with Crippen molar-refractivity contribution >= 4 is 5.97 Å². The van der Waals surface area contributed by atoms with Crippen molar-refractivity contribution in [1.82, 2.24) is 4.90 Å². The zero-order valence-electron chi connectivity index (χ0n) is 12.0. The van der Waals surface area contributed by atoms with Gasteiger partial charge in [0, 0.05) is 13.1 Å². The fraction of sp³-hybridized carbons (Fsp3) is 0.562. The van der Waals surface area contributed by atoms with E-state index in [0.717, 1.165) is 25.4 Å². The summed E-state index contributed by atoms with van der Waals surface area (Å²) in [5, 5.41) is 9.07. The number of benzene rings is 1. The first-order valence-electron chi connectivity index (χ1n) is 7.38. The molecule has 1 N–H and O–H groups in total. The van der Waals surface area contributed by atoms with Gasteiger partial charge in [0.25, 0.3) is 0 Å². The Morgan fingerprint density at radius 2 is 2.15 bits per heavy atom. The fourth-order valence-electron chi connectivity index (χ4n) is 2.28. The summed E-state index contributed by atoms with van der Waals surface area (Å²) in [7, 11) is 0. The number of rotatable bonds is 9. The largest absolute Gasteiger partial charge is 0.493 e. The molecule has 0 amide bonds. The minimum atomic E-state index is -0.940. The van der Waals surface area contributed by atoms with Gasteiger partial charge in [-0.25, -0.2) is 4.79 Å². The third-order valence-electron chi connectivity index (χ3n) is 3.65. The van der Waals surface area contributed by atoms with Gasteiger partial charge in [-0.3, -0.25) is 0 Å². The summed E-state index contributed by atoms with van der Waals surface area (Å²) in [5.41, 5.74) is 0.234. The van der Waals surface area contributed by atoms with Gasteiger partial charge in [0.15, 0.2) is 0 Å². The lowest BCUT2D eigenvalue weighted by Crippen LogP contribution is -2.27. The first-order valence-corrected chi connectivity index (χ1v) is 7.38. The first kappa shape index (κ1) is 14.9. The van der Waals surface area contributed by atoms with Crippen LogP contribution < -0.4 is 4.74 Å². The van der Waals surface area contributed by atoms with Gasteiger partial charge < -0.3 is 14.7 Å². The highest BCUT2D eigenvalue weighted by molar-refractivity contribution is 5.90. The van der Waals surface area contributed by atoms with Crippen molar-refractivity contribution in [3.8, 4) is 5.75 Å². The number of carboxylic acids is 1. The van der Waals surface area contributed by atoms with Crippen LogP contribution in [0, 0.1) is 5.92 Å². The molecule has 1 aromatic rings. The third-order valence-corrected chi connectivity index (χ3v) is 3.65.